The van der Waals surface area contributed by atoms with Crippen molar-refractivity contribution in [2.45, 2.75) is 26.6 Å². The Morgan fingerprint density at radius 1 is 1.14 bits per heavy atom. The van der Waals surface area contributed by atoms with Gasteiger partial charge in [-0.1, -0.05) is 0 Å². The lowest BCUT2D eigenvalue weighted by atomic mass is 10.1. The van der Waals surface area contributed by atoms with Crippen LogP contribution in [0, 0.1) is 0 Å². The van der Waals surface area contributed by atoms with Gasteiger partial charge in [0.05, 0.1) is 18.7 Å². The molecule has 0 spiro atoms. The second-order valence-electron chi connectivity index (χ2n) is 6.95. The number of alkyl halides is 3. The average molecular weight is 416 g/mol. The van der Waals surface area contributed by atoms with Crippen molar-refractivity contribution in [3.8, 4) is 0 Å². The predicted octanol–water partition coefficient (Wildman–Crippen LogP) is 2.55. The molecule has 2 N–H and O–H groups in total. The smallest absolute Gasteiger partial charge is 0.380 e. The third-order valence-electron chi connectivity index (χ3n) is 4.75. The first-order valence-electron chi connectivity index (χ1n) is 10.1. The minimum atomic E-state index is -4.38. The first-order valence-corrected chi connectivity index (χ1v) is 10.1. The van der Waals surface area contributed by atoms with Crippen LogP contribution in [0.25, 0.3) is 0 Å². The molecule has 0 aromatic heterocycles. The summed E-state index contributed by atoms with van der Waals surface area (Å²) in [5, 5.41) is 6.27. The lowest BCUT2D eigenvalue weighted by molar-refractivity contribution is -0.137. The molecule has 1 aliphatic rings. The van der Waals surface area contributed by atoms with Gasteiger partial charge in [0.25, 0.3) is 0 Å². The first kappa shape index (κ1) is 23.3. The molecule has 1 aromatic rings. The number of piperazine rings is 1. The number of nitrogens with zero attached hydrogens (tertiary/aromatic N) is 3. The van der Waals surface area contributed by atoms with Crippen LogP contribution in [-0.2, 0) is 17.5 Å². The van der Waals surface area contributed by atoms with Crippen molar-refractivity contribution in [2.24, 2.45) is 4.99 Å². The summed E-state index contributed by atoms with van der Waals surface area (Å²) in [6.07, 6.45) is -4.38. The van der Waals surface area contributed by atoms with Crippen molar-refractivity contribution in [1.82, 2.24) is 15.5 Å². The summed E-state index contributed by atoms with van der Waals surface area (Å²) in [6, 6.07) is 3.96. The molecule has 29 heavy (non-hydrogen) atoms. The van der Waals surface area contributed by atoms with E-state index in [1.807, 2.05) is 20.9 Å². The van der Waals surface area contributed by atoms with Crippen LogP contribution in [0.5, 0.6) is 0 Å². The van der Waals surface area contributed by atoms with E-state index in [-0.39, 0.29) is 6.54 Å². The first-order chi connectivity index (χ1) is 13.8. The minimum Gasteiger partial charge on any atom is -0.380 e. The Balaban J connectivity index is 2.21. The number of ether oxygens (including phenoxy) is 1. The third kappa shape index (κ3) is 7.40. The summed E-state index contributed by atoms with van der Waals surface area (Å²) in [7, 11) is 2.05. The van der Waals surface area contributed by atoms with Gasteiger partial charge < -0.3 is 25.2 Å². The highest BCUT2D eigenvalue weighted by Gasteiger charge is 2.31. The molecule has 0 radical (unpaired) electrons. The fourth-order valence-corrected chi connectivity index (χ4v) is 3.14. The average Bonchev–Trinajstić information content (AvgIpc) is 2.69. The number of likely N-dealkylation sites (N-methyl/N-ethyl adjacent to an activating group) is 1. The number of aliphatic imine (C=N–C) groups is 1. The number of hydrogen-bond acceptors (Lipinski definition) is 4. The van der Waals surface area contributed by atoms with Crippen molar-refractivity contribution in [3.63, 3.8) is 0 Å². The molecule has 0 unspecified atom stereocenters. The van der Waals surface area contributed by atoms with E-state index in [0.717, 1.165) is 37.9 Å². The highest BCUT2D eigenvalue weighted by atomic mass is 19.4. The van der Waals surface area contributed by atoms with Gasteiger partial charge in [-0.2, -0.15) is 13.2 Å². The monoisotopic (exact) mass is 415 g/mol. The van der Waals surface area contributed by atoms with Gasteiger partial charge in [0.2, 0.25) is 0 Å². The quantitative estimate of drug-likeness (QED) is 0.388. The second-order valence-corrected chi connectivity index (χ2v) is 6.95. The number of anilines is 1. The molecule has 1 saturated heterocycles. The molecular formula is C20H32F3N5O. The van der Waals surface area contributed by atoms with Crippen molar-refractivity contribution in [1.29, 1.82) is 0 Å². The van der Waals surface area contributed by atoms with Crippen LogP contribution in [-0.4, -0.2) is 70.4 Å². The Bertz CT molecular complexity index is 658. The van der Waals surface area contributed by atoms with Gasteiger partial charge in [0, 0.05) is 51.6 Å². The summed E-state index contributed by atoms with van der Waals surface area (Å²) in [5.41, 5.74) is 0.751. The number of halogens is 3. The molecule has 0 aliphatic carbocycles. The van der Waals surface area contributed by atoms with Gasteiger partial charge >= 0.3 is 6.18 Å². The van der Waals surface area contributed by atoms with E-state index in [1.54, 1.807) is 6.07 Å². The standard InChI is InChI=1S/C20H32F3N5O/c1-4-24-19(25-8-13-29-5-2)26-15-16-14-17(20(21,22)23)6-7-18(16)28-11-9-27(3)10-12-28/h6-7,14H,4-5,8-13,15H2,1-3H3,(H2,24,25,26). The van der Waals surface area contributed by atoms with Gasteiger partial charge in [-0.3, -0.25) is 0 Å². The number of rotatable bonds is 8. The van der Waals surface area contributed by atoms with Crippen LogP contribution < -0.4 is 15.5 Å². The van der Waals surface area contributed by atoms with E-state index in [4.69, 9.17) is 4.74 Å². The molecule has 1 heterocycles. The van der Waals surface area contributed by atoms with E-state index in [9.17, 15) is 13.2 Å². The van der Waals surface area contributed by atoms with E-state index >= 15 is 0 Å². The van der Waals surface area contributed by atoms with Gasteiger partial charge in [0.15, 0.2) is 5.96 Å². The van der Waals surface area contributed by atoms with Crippen LogP contribution >= 0.6 is 0 Å². The Kier molecular flexibility index (Phi) is 9.03. The summed E-state index contributed by atoms with van der Waals surface area (Å²) < 4.78 is 45.1. The van der Waals surface area contributed by atoms with Gasteiger partial charge in [0.1, 0.15) is 0 Å². The van der Waals surface area contributed by atoms with Gasteiger partial charge in [-0.15, -0.1) is 0 Å². The van der Waals surface area contributed by atoms with Crippen molar-refractivity contribution in [3.05, 3.63) is 29.3 Å². The summed E-state index contributed by atoms with van der Waals surface area (Å²) in [5.74, 6) is 0.564. The zero-order valence-electron chi connectivity index (χ0n) is 17.5. The van der Waals surface area contributed by atoms with E-state index in [1.165, 1.54) is 6.07 Å². The Labute approximate surface area is 171 Å². The lowest BCUT2D eigenvalue weighted by Crippen LogP contribution is -2.44. The molecule has 0 saturated carbocycles. The zero-order valence-corrected chi connectivity index (χ0v) is 17.5. The molecule has 0 bridgehead atoms. The summed E-state index contributed by atoms with van der Waals surface area (Å²) in [6.45, 7) is 9.77. The molecular weight excluding hydrogens is 383 g/mol. The number of benzene rings is 1. The van der Waals surface area contributed by atoms with Gasteiger partial charge in [-0.05, 0) is 44.7 Å². The predicted molar refractivity (Wildman–Crippen MR) is 110 cm³/mol. The molecule has 2 rings (SSSR count). The van der Waals surface area contributed by atoms with Crippen LogP contribution in [0.4, 0.5) is 18.9 Å². The Morgan fingerprint density at radius 3 is 2.48 bits per heavy atom. The minimum absolute atomic E-state index is 0.162. The molecule has 0 atom stereocenters. The maximum Gasteiger partial charge on any atom is 0.416 e. The van der Waals surface area contributed by atoms with Crippen LogP contribution in [0.1, 0.15) is 25.0 Å². The SMILES string of the molecule is CCNC(=NCc1cc(C(F)(F)F)ccc1N1CCN(C)CC1)NCCOCC. The number of hydrogen-bond donors (Lipinski definition) is 2. The van der Waals surface area contributed by atoms with E-state index in [0.29, 0.717) is 37.8 Å². The van der Waals surface area contributed by atoms with Crippen molar-refractivity contribution >= 4 is 11.6 Å². The molecule has 6 nitrogen and oxygen atoms in total. The number of nitrogens with one attached hydrogen (secondary N) is 2. The lowest BCUT2D eigenvalue weighted by Gasteiger charge is -2.35. The largest absolute Gasteiger partial charge is 0.416 e. The van der Waals surface area contributed by atoms with Crippen LogP contribution in [0.2, 0.25) is 0 Å². The Hall–Kier alpha value is -2.00. The fourth-order valence-electron chi connectivity index (χ4n) is 3.14. The highest BCUT2D eigenvalue weighted by molar-refractivity contribution is 5.79. The fraction of sp³-hybridized carbons (Fsp3) is 0.650. The van der Waals surface area contributed by atoms with Crippen LogP contribution in [0.3, 0.4) is 0 Å². The third-order valence-corrected chi connectivity index (χ3v) is 4.75. The summed E-state index contributed by atoms with van der Waals surface area (Å²) in [4.78, 5) is 8.86. The molecule has 164 valence electrons. The Morgan fingerprint density at radius 2 is 1.86 bits per heavy atom. The number of guanidine groups is 1. The molecule has 1 aliphatic heterocycles. The highest BCUT2D eigenvalue weighted by Crippen LogP contribution is 2.33. The second kappa shape index (κ2) is 11.3. The summed E-state index contributed by atoms with van der Waals surface area (Å²) >= 11 is 0. The molecule has 0 amide bonds. The van der Waals surface area contributed by atoms with Crippen molar-refractivity contribution < 1.29 is 17.9 Å². The molecule has 9 heteroatoms. The van der Waals surface area contributed by atoms with E-state index in [2.05, 4.69) is 25.4 Å². The topological polar surface area (TPSA) is 52.1 Å². The zero-order chi connectivity index (χ0) is 21.3. The maximum absolute atomic E-state index is 13.3. The van der Waals surface area contributed by atoms with Crippen molar-refractivity contribution in [2.75, 3.05) is 64.4 Å². The maximum atomic E-state index is 13.3. The molecule has 1 aromatic carbocycles. The molecule has 1 fully saturated rings. The normalized spacial score (nSPS) is 16.2. The van der Waals surface area contributed by atoms with Crippen LogP contribution in [0.15, 0.2) is 23.2 Å². The van der Waals surface area contributed by atoms with E-state index < -0.39 is 11.7 Å². The van der Waals surface area contributed by atoms with Gasteiger partial charge in [-0.25, -0.2) is 4.99 Å².